The zero-order chi connectivity index (χ0) is 17.9. The second kappa shape index (κ2) is 7.53. The van der Waals surface area contributed by atoms with Crippen LogP contribution < -0.4 is 4.74 Å². The minimum absolute atomic E-state index is 0.0557. The molecule has 1 saturated heterocycles. The Hall–Kier alpha value is -1.93. The van der Waals surface area contributed by atoms with Gasteiger partial charge in [0, 0.05) is 18.7 Å². The molecule has 1 aliphatic heterocycles. The second-order valence-corrected chi connectivity index (χ2v) is 8.29. The van der Waals surface area contributed by atoms with Gasteiger partial charge in [-0.05, 0) is 43.5 Å². The summed E-state index contributed by atoms with van der Waals surface area (Å²) in [5.74, 6) is 1.89. The molecule has 0 radical (unpaired) electrons. The van der Waals surface area contributed by atoms with E-state index in [1.165, 1.54) is 0 Å². The molecule has 8 heteroatoms. The molecular formula is C17H23N3O4S. The number of aromatic nitrogens is 2. The van der Waals surface area contributed by atoms with Crippen molar-refractivity contribution in [2.45, 2.75) is 32.1 Å². The fourth-order valence-corrected chi connectivity index (χ4v) is 4.63. The Morgan fingerprint density at radius 2 is 2.08 bits per heavy atom. The standard InChI is InChI=1S/C17H23N3O4S/c1-3-11-25(21,22)20-10-4-5-14(12-20)17-18-16(19-24-17)13-6-8-15(23-2)9-7-13/h6-9,14H,3-5,10-12H2,1-2H3/t14-/m1/s1. The van der Waals surface area contributed by atoms with Gasteiger partial charge < -0.3 is 9.26 Å². The van der Waals surface area contributed by atoms with Gasteiger partial charge in [-0.2, -0.15) is 4.98 Å². The van der Waals surface area contributed by atoms with Gasteiger partial charge in [-0.1, -0.05) is 12.1 Å². The Morgan fingerprint density at radius 3 is 2.76 bits per heavy atom. The largest absolute Gasteiger partial charge is 0.497 e. The van der Waals surface area contributed by atoms with E-state index in [2.05, 4.69) is 10.1 Å². The van der Waals surface area contributed by atoms with Crippen LogP contribution in [0.2, 0.25) is 0 Å². The van der Waals surface area contributed by atoms with Gasteiger partial charge in [0.05, 0.1) is 18.8 Å². The minimum Gasteiger partial charge on any atom is -0.497 e. The number of benzene rings is 1. The Labute approximate surface area is 148 Å². The van der Waals surface area contributed by atoms with E-state index in [4.69, 9.17) is 9.26 Å². The third kappa shape index (κ3) is 4.01. The van der Waals surface area contributed by atoms with Crippen molar-refractivity contribution in [3.63, 3.8) is 0 Å². The van der Waals surface area contributed by atoms with E-state index < -0.39 is 10.0 Å². The zero-order valence-corrected chi connectivity index (χ0v) is 15.3. The molecule has 7 nitrogen and oxygen atoms in total. The summed E-state index contributed by atoms with van der Waals surface area (Å²) in [5.41, 5.74) is 0.835. The summed E-state index contributed by atoms with van der Waals surface area (Å²) in [6.07, 6.45) is 2.27. The summed E-state index contributed by atoms with van der Waals surface area (Å²) in [5, 5.41) is 4.05. The van der Waals surface area contributed by atoms with E-state index in [-0.39, 0.29) is 11.7 Å². The predicted molar refractivity (Wildman–Crippen MR) is 93.9 cm³/mol. The molecule has 0 aliphatic carbocycles. The number of nitrogens with zero attached hydrogens (tertiary/aromatic N) is 3. The number of sulfonamides is 1. The van der Waals surface area contributed by atoms with Gasteiger partial charge in [-0.15, -0.1) is 0 Å². The van der Waals surface area contributed by atoms with Crippen molar-refractivity contribution in [2.75, 3.05) is 26.0 Å². The average molecular weight is 365 g/mol. The van der Waals surface area contributed by atoms with Crippen LogP contribution in [0.5, 0.6) is 5.75 Å². The summed E-state index contributed by atoms with van der Waals surface area (Å²) >= 11 is 0. The monoisotopic (exact) mass is 365 g/mol. The maximum absolute atomic E-state index is 12.3. The molecule has 0 bridgehead atoms. The first-order valence-corrected chi connectivity index (χ1v) is 10.1. The fraction of sp³-hybridized carbons (Fsp3) is 0.529. The van der Waals surface area contributed by atoms with Crippen LogP contribution in [-0.4, -0.2) is 48.8 Å². The summed E-state index contributed by atoms with van der Waals surface area (Å²) < 4.78 is 36.7. The first-order valence-electron chi connectivity index (χ1n) is 8.49. The highest BCUT2D eigenvalue weighted by molar-refractivity contribution is 7.89. The molecule has 0 amide bonds. The van der Waals surface area contributed by atoms with Crippen LogP contribution in [0.1, 0.15) is 38.0 Å². The maximum Gasteiger partial charge on any atom is 0.231 e. The molecule has 2 aromatic rings. The number of rotatable bonds is 6. The SMILES string of the molecule is CCCS(=O)(=O)N1CCC[C@@H](c2nc(-c3ccc(OC)cc3)no2)C1. The Kier molecular flexibility index (Phi) is 5.39. The van der Waals surface area contributed by atoms with Crippen LogP contribution in [0.15, 0.2) is 28.8 Å². The minimum atomic E-state index is -3.20. The zero-order valence-electron chi connectivity index (χ0n) is 14.5. The van der Waals surface area contributed by atoms with E-state index in [9.17, 15) is 8.42 Å². The van der Waals surface area contributed by atoms with Gasteiger partial charge in [0.1, 0.15) is 5.75 Å². The Balaban J connectivity index is 1.75. The normalized spacial score (nSPS) is 19.0. The van der Waals surface area contributed by atoms with Gasteiger partial charge in [0.25, 0.3) is 0 Å². The lowest BCUT2D eigenvalue weighted by Gasteiger charge is -2.30. The molecule has 1 atom stereocenters. The number of hydrogen-bond donors (Lipinski definition) is 0. The third-order valence-electron chi connectivity index (χ3n) is 4.38. The summed E-state index contributed by atoms with van der Waals surface area (Å²) in [7, 11) is -1.58. The molecule has 1 aromatic heterocycles. The summed E-state index contributed by atoms with van der Waals surface area (Å²) in [4.78, 5) is 4.48. The molecule has 1 aliphatic rings. The molecule has 0 saturated carbocycles. The second-order valence-electron chi connectivity index (χ2n) is 6.20. The number of hydrogen-bond acceptors (Lipinski definition) is 6. The summed E-state index contributed by atoms with van der Waals surface area (Å²) in [6, 6.07) is 7.41. The van der Waals surface area contributed by atoms with E-state index in [0.29, 0.717) is 31.2 Å². The number of methoxy groups -OCH3 is 1. The lowest BCUT2D eigenvalue weighted by molar-refractivity contribution is 0.265. The third-order valence-corrected chi connectivity index (χ3v) is 6.42. The molecule has 1 fully saturated rings. The first-order chi connectivity index (χ1) is 12.0. The molecule has 0 unspecified atom stereocenters. The molecular weight excluding hydrogens is 342 g/mol. The number of ether oxygens (including phenoxy) is 1. The number of piperidine rings is 1. The first kappa shape index (κ1) is 17.9. The molecule has 25 heavy (non-hydrogen) atoms. The van der Waals surface area contributed by atoms with Crippen LogP contribution in [0, 0.1) is 0 Å². The van der Waals surface area contributed by atoms with E-state index >= 15 is 0 Å². The van der Waals surface area contributed by atoms with Crippen LogP contribution in [-0.2, 0) is 10.0 Å². The topological polar surface area (TPSA) is 85.5 Å². The van der Waals surface area contributed by atoms with Gasteiger partial charge >= 0.3 is 0 Å². The van der Waals surface area contributed by atoms with Crippen LogP contribution in [0.25, 0.3) is 11.4 Å². The van der Waals surface area contributed by atoms with Gasteiger partial charge in [0.15, 0.2) is 0 Å². The molecule has 0 spiro atoms. The van der Waals surface area contributed by atoms with Crippen LogP contribution in [0.3, 0.4) is 0 Å². The van der Waals surface area contributed by atoms with Crippen LogP contribution in [0.4, 0.5) is 0 Å². The van der Waals surface area contributed by atoms with Crippen molar-refractivity contribution < 1.29 is 17.7 Å². The summed E-state index contributed by atoms with van der Waals surface area (Å²) in [6.45, 7) is 2.85. The molecule has 136 valence electrons. The van der Waals surface area contributed by atoms with Crippen molar-refractivity contribution >= 4 is 10.0 Å². The Bertz CT molecular complexity index is 802. The predicted octanol–water partition coefficient (Wildman–Crippen LogP) is 2.66. The van der Waals surface area contributed by atoms with E-state index in [1.54, 1.807) is 11.4 Å². The quantitative estimate of drug-likeness (QED) is 0.782. The average Bonchev–Trinajstić information content (AvgIpc) is 3.12. The smallest absolute Gasteiger partial charge is 0.231 e. The van der Waals surface area contributed by atoms with Gasteiger partial charge in [-0.25, -0.2) is 12.7 Å². The molecule has 0 N–H and O–H groups in total. The highest BCUT2D eigenvalue weighted by Crippen LogP contribution is 2.29. The lowest BCUT2D eigenvalue weighted by atomic mass is 10.00. The van der Waals surface area contributed by atoms with Crippen molar-refractivity contribution in [3.05, 3.63) is 30.2 Å². The van der Waals surface area contributed by atoms with Gasteiger partial charge in [-0.3, -0.25) is 0 Å². The Morgan fingerprint density at radius 1 is 1.32 bits per heavy atom. The van der Waals surface area contributed by atoms with Crippen molar-refractivity contribution in [2.24, 2.45) is 0 Å². The fourth-order valence-electron chi connectivity index (χ4n) is 3.04. The van der Waals surface area contributed by atoms with Gasteiger partial charge in [0.2, 0.25) is 21.7 Å². The highest BCUT2D eigenvalue weighted by atomic mass is 32.2. The van der Waals surface area contributed by atoms with Crippen molar-refractivity contribution in [1.82, 2.24) is 14.4 Å². The maximum atomic E-state index is 12.3. The highest BCUT2D eigenvalue weighted by Gasteiger charge is 2.31. The van der Waals surface area contributed by atoms with E-state index in [1.807, 2.05) is 31.2 Å². The molecule has 2 heterocycles. The molecule has 3 rings (SSSR count). The van der Waals surface area contributed by atoms with Crippen molar-refractivity contribution in [1.29, 1.82) is 0 Å². The lowest BCUT2D eigenvalue weighted by Crippen LogP contribution is -2.40. The van der Waals surface area contributed by atoms with Crippen LogP contribution >= 0.6 is 0 Å². The van der Waals surface area contributed by atoms with Crippen molar-refractivity contribution in [3.8, 4) is 17.1 Å². The van der Waals surface area contributed by atoms with E-state index in [0.717, 1.165) is 24.2 Å². The molecule has 1 aromatic carbocycles.